The molecule has 2 aromatic rings. The second-order valence-corrected chi connectivity index (χ2v) is 3.42. The Bertz CT molecular complexity index is 469. The van der Waals surface area contributed by atoms with Gasteiger partial charge in [-0.3, -0.25) is 0 Å². The van der Waals surface area contributed by atoms with E-state index in [9.17, 15) is 4.39 Å². The fraction of sp³-hybridized carbons (Fsp3) is 0. The summed E-state index contributed by atoms with van der Waals surface area (Å²) in [5.74, 6) is -0.536. The van der Waals surface area contributed by atoms with Crippen LogP contribution in [0, 0.1) is 5.82 Å². The van der Waals surface area contributed by atoms with Gasteiger partial charge in [0.1, 0.15) is 0 Å². The average Bonchev–Trinajstić information content (AvgIpc) is 2.56. The van der Waals surface area contributed by atoms with Crippen molar-refractivity contribution < 1.29 is 4.39 Å². The molecular weight excluding hydrogens is 253 g/mol. The van der Waals surface area contributed by atoms with E-state index in [4.69, 9.17) is 5.73 Å². The molecule has 0 bridgehead atoms. The van der Waals surface area contributed by atoms with Gasteiger partial charge in [-0.1, -0.05) is 0 Å². The summed E-state index contributed by atoms with van der Waals surface area (Å²) in [4.78, 5) is 7.24. The Kier molecular flexibility index (Phi) is 2.16. The first-order valence-electron chi connectivity index (χ1n) is 3.65. The van der Waals surface area contributed by atoms with Crippen LogP contribution in [0.4, 0.5) is 10.3 Å². The number of halogens is 2. The van der Waals surface area contributed by atoms with E-state index in [0.29, 0.717) is 0 Å². The molecule has 0 aliphatic rings. The SMILES string of the molecule is Nc1ncc(F)c(-n2cc(Br)cn2)n1. The highest BCUT2D eigenvalue weighted by Crippen LogP contribution is 2.13. The lowest BCUT2D eigenvalue weighted by molar-refractivity contribution is 0.594. The molecule has 0 spiro atoms. The van der Waals surface area contributed by atoms with Crippen LogP contribution in [0.25, 0.3) is 5.82 Å². The summed E-state index contributed by atoms with van der Waals surface area (Å²) < 4.78 is 15.2. The molecular formula is C7H5BrFN5. The van der Waals surface area contributed by atoms with Crippen LogP contribution in [0.2, 0.25) is 0 Å². The first-order valence-corrected chi connectivity index (χ1v) is 4.44. The molecule has 0 fully saturated rings. The number of rotatable bonds is 1. The second-order valence-electron chi connectivity index (χ2n) is 2.50. The van der Waals surface area contributed by atoms with Crippen LogP contribution < -0.4 is 5.73 Å². The lowest BCUT2D eigenvalue weighted by Gasteiger charge is -2.01. The van der Waals surface area contributed by atoms with Crippen molar-refractivity contribution >= 4 is 21.9 Å². The Morgan fingerprint density at radius 1 is 1.43 bits per heavy atom. The Hall–Kier alpha value is -1.50. The van der Waals surface area contributed by atoms with Crippen molar-refractivity contribution in [3.8, 4) is 5.82 Å². The molecule has 0 atom stereocenters. The van der Waals surface area contributed by atoms with Gasteiger partial charge >= 0.3 is 0 Å². The zero-order valence-electron chi connectivity index (χ0n) is 6.85. The summed E-state index contributed by atoms with van der Waals surface area (Å²) in [6.45, 7) is 0. The number of nitrogen functional groups attached to an aromatic ring is 1. The molecule has 0 aromatic carbocycles. The summed E-state index contributed by atoms with van der Waals surface area (Å²) in [5.41, 5.74) is 5.33. The van der Waals surface area contributed by atoms with Crippen molar-refractivity contribution in [2.24, 2.45) is 0 Å². The molecule has 7 heteroatoms. The molecule has 0 saturated carbocycles. The maximum Gasteiger partial charge on any atom is 0.222 e. The number of anilines is 1. The van der Waals surface area contributed by atoms with E-state index in [1.165, 1.54) is 10.9 Å². The van der Waals surface area contributed by atoms with Crippen LogP contribution in [0.15, 0.2) is 23.1 Å². The Morgan fingerprint density at radius 2 is 2.21 bits per heavy atom. The van der Waals surface area contributed by atoms with Crippen molar-refractivity contribution in [3.63, 3.8) is 0 Å². The van der Waals surface area contributed by atoms with E-state index in [-0.39, 0.29) is 11.8 Å². The topological polar surface area (TPSA) is 69.6 Å². The minimum atomic E-state index is -0.574. The highest BCUT2D eigenvalue weighted by molar-refractivity contribution is 9.10. The van der Waals surface area contributed by atoms with Gasteiger partial charge in [-0.05, 0) is 15.9 Å². The van der Waals surface area contributed by atoms with Crippen LogP contribution >= 0.6 is 15.9 Å². The molecule has 2 heterocycles. The van der Waals surface area contributed by atoms with Gasteiger partial charge in [-0.15, -0.1) is 0 Å². The van der Waals surface area contributed by atoms with E-state index < -0.39 is 5.82 Å². The summed E-state index contributed by atoms with van der Waals surface area (Å²) >= 11 is 3.19. The molecule has 14 heavy (non-hydrogen) atoms. The Balaban J connectivity index is 2.55. The number of hydrogen-bond acceptors (Lipinski definition) is 4. The van der Waals surface area contributed by atoms with Gasteiger partial charge < -0.3 is 5.73 Å². The molecule has 5 nitrogen and oxygen atoms in total. The van der Waals surface area contributed by atoms with E-state index in [1.807, 2.05) is 0 Å². The maximum absolute atomic E-state index is 13.2. The average molecular weight is 258 g/mol. The molecule has 0 radical (unpaired) electrons. The predicted octanol–water partition coefficient (Wildman–Crippen LogP) is 1.15. The fourth-order valence-corrected chi connectivity index (χ4v) is 1.23. The minimum Gasteiger partial charge on any atom is -0.368 e. The highest BCUT2D eigenvalue weighted by atomic mass is 79.9. The van der Waals surface area contributed by atoms with Gasteiger partial charge in [-0.2, -0.15) is 10.1 Å². The molecule has 0 saturated heterocycles. The molecule has 0 unspecified atom stereocenters. The van der Waals surface area contributed by atoms with E-state index in [2.05, 4.69) is 31.0 Å². The minimum absolute atomic E-state index is 0.00743. The van der Waals surface area contributed by atoms with Gasteiger partial charge in [-0.25, -0.2) is 14.1 Å². The van der Waals surface area contributed by atoms with Crippen LogP contribution in [0.5, 0.6) is 0 Å². The molecule has 0 amide bonds. The van der Waals surface area contributed by atoms with Gasteiger partial charge in [0.2, 0.25) is 5.95 Å². The van der Waals surface area contributed by atoms with Gasteiger partial charge in [0.25, 0.3) is 0 Å². The van der Waals surface area contributed by atoms with Crippen LogP contribution in [-0.2, 0) is 0 Å². The van der Waals surface area contributed by atoms with E-state index in [1.54, 1.807) is 6.20 Å². The van der Waals surface area contributed by atoms with Crippen molar-refractivity contribution in [1.29, 1.82) is 0 Å². The summed E-state index contributed by atoms with van der Waals surface area (Å²) in [6.07, 6.45) is 4.11. The molecule has 2 aromatic heterocycles. The summed E-state index contributed by atoms with van der Waals surface area (Å²) in [5, 5.41) is 3.87. The summed E-state index contributed by atoms with van der Waals surface area (Å²) in [6, 6.07) is 0. The molecule has 2 rings (SSSR count). The Morgan fingerprint density at radius 3 is 2.86 bits per heavy atom. The third-order valence-electron chi connectivity index (χ3n) is 1.51. The van der Waals surface area contributed by atoms with Gasteiger partial charge in [0.05, 0.1) is 16.9 Å². The maximum atomic E-state index is 13.2. The first kappa shape index (κ1) is 9.07. The van der Waals surface area contributed by atoms with Crippen LogP contribution in [-0.4, -0.2) is 19.7 Å². The van der Waals surface area contributed by atoms with Crippen molar-refractivity contribution in [1.82, 2.24) is 19.7 Å². The third-order valence-corrected chi connectivity index (χ3v) is 1.92. The molecule has 0 aliphatic carbocycles. The van der Waals surface area contributed by atoms with Gasteiger partial charge in [0.15, 0.2) is 11.6 Å². The van der Waals surface area contributed by atoms with E-state index >= 15 is 0 Å². The fourth-order valence-electron chi connectivity index (χ4n) is 0.949. The van der Waals surface area contributed by atoms with Crippen molar-refractivity contribution in [3.05, 3.63) is 28.9 Å². The summed E-state index contributed by atoms with van der Waals surface area (Å²) in [7, 11) is 0. The molecule has 72 valence electrons. The monoisotopic (exact) mass is 257 g/mol. The van der Waals surface area contributed by atoms with Gasteiger partial charge in [0, 0.05) is 6.20 Å². The van der Waals surface area contributed by atoms with Crippen LogP contribution in [0.3, 0.4) is 0 Å². The van der Waals surface area contributed by atoms with E-state index in [0.717, 1.165) is 10.7 Å². The predicted molar refractivity (Wildman–Crippen MR) is 51.2 cm³/mol. The number of nitrogens with zero attached hydrogens (tertiary/aromatic N) is 4. The van der Waals surface area contributed by atoms with Crippen LogP contribution in [0.1, 0.15) is 0 Å². The van der Waals surface area contributed by atoms with Crippen molar-refractivity contribution in [2.75, 3.05) is 5.73 Å². The standard InChI is InChI=1S/C7H5BrFN5/c8-4-1-12-14(3-4)6-5(9)2-11-7(10)13-6/h1-3H,(H2,10,11,13). The largest absolute Gasteiger partial charge is 0.368 e. The quantitative estimate of drug-likeness (QED) is 0.832. The molecule has 2 N–H and O–H groups in total. The second kappa shape index (κ2) is 3.33. The first-order chi connectivity index (χ1) is 6.66. The number of nitrogens with two attached hydrogens (primary N) is 1. The zero-order chi connectivity index (χ0) is 10.1. The smallest absolute Gasteiger partial charge is 0.222 e. The Labute approximate surface area is 86.9 Å². The normalized spacial score (nSPS) is 10.4. The lowest BCUT2D eigenvalue weighted by atomic mass is 10.5. The van der Waals surface area contributed by atoms with Crippen molar-refractivity contribution in [2.45, 2.75) is 0 Å². The number of aromatic nitrogens is 4. The molecule has 0 aliphatic heterocycles. The lowest BCUT2D eigenvalue weighted by Crippen LogP contribution is -2.05. The highest BCUT2D eigenvalue weighted by Gasteiger charge is 2.08. The zero-order valence-corrected chi connectivity index (χ0v) is 8.44. The third kappa shape index (κ3) is 1.58. The number of hydrogen-bond donors (Lipinski definition) is 1.